The topological polar surface area (TPSA) is 80.9 Å². The van der Waals surface area contributed by atoms with E-state index in [0.29, 0.717) is 5.82 Å². The van der Waals surface area contributed by atoms with Gasteiger partial charge in [-0.3, -0.25) is 0 Å². The van der Waals surface area contributed by atoms with Gasteiger partial charge in [-0.25, -0.2) is 19.4 Å². The first-order valence-corrected chi connectivity index (χ1v) is 4.73. The molecule has 0 atom stereocenters. The van der Waals surface area contributed by atoms with Gasteiger partial charge in [-0.1, -0.05) is 0 Å². The zero-order valence-corrected chi connectivity index (χ0v) is 8.92. The standard InChI is InChI=1S/C8H5BrN4O2/c9-5-1-2-6(10-3-5)13-4-11-7(12-13)8(14)15/h1-4H,(H,14,15). The third-order valence-electron chi connectivity index (χ3n) is 1.63. The predicted molar refractivity (Wildman–Crippen MR) is 53.8 cm³/mol. The number of carboxylic acid groups (broad SMARTS) is 1. The summed E-state index contributed by atoms with van der Waals surface area (Å²) in [5, 5.41) is 12.4. The number of pyridine rings is 1. The van der Waals surface area contributed by atoms with Crippen LogP contribution in [0.5, 0.6) is 0 Å². The Balaban J connectivity index is 2.37. The highest BCUT2D eigenvalue weighted by atomic mass is 79.9. The molecular weight excluding hydrogens is 264 g/mol. The fourth-order valence-corrected chi connectivity index (χ4v) is 1.21. The summed E-state index contributed by atoms with van der Waals surface area (Å²) in [7, 11) is 0. The number of carbonyl (C=O) groups is 1. The van der Waals surface area contributed by atoms with Crippen LogP contribution in [0.1, 0.15) is 10.6 Å². The molecule has 15 heavy (non-hydrogen) atoms. The normalized spacial score (nSPS) is 10.2. The van der Waals surface area contributed by atoms with E-state index in [0.717, 1.165) is 4.47 Å². The quantitative estimate of drug-likeness (QED) is 0.883. The van der Waals surface area contributed by atoms with Gasteiger partial charge in [0, 0.05) is 10.7 Å². The minimum absolute atomic E-state index is 0.250. The minimum Gasteiger partial charge on any atom is -0.475 e. The van der Waals surface area contributed by atoms with Crippen molar-refractivity contribution in [3.05, 3.63) is 35.0 Å². The summed E-state index contributed by atoms with van der Waals surface area (Å²) in [6.07, 6.45) is 2.90. The maximum atomic E-state index is 10.5. The van der Waals surface area contributed by atoms with Crippen molar-refractivity contribution in [2.24, 2.45) is 0 Å². The Morgan fingerprint density at radius 1 is 1.40 bits per heavy atom. The van der Waals surface area contributed by atoms with Crippen LogP contribution in [0.15, 0.2) is 29.1 Å². The molecule has 0 aliphatic rings. The first-order valence-electron chi connectivity index (χ1n) is 3.94. The van der Waals surface area contributed by atoms with Crippen molar-refractivity contribution in [1.82, 2.24) is 19.7 Å². The molecule has 0 radical (unpaired) electrons. The molecule has 76 valence electrons. The van der Waals surface area contributed by atoms with E-state index in [4.69, 9.17) is 5.11 Å². The smallest absolute Gasteiger partial charge is 0.375 e. The highest BCUT2D eigenvalue weighted by molar-refractivity contribution is 9.10. The lowest BCUT2D eigenvalue weighted by Crippen LogP contribution is -2.02. The molecular formula is C8H5BrN4O2. The molecule has 2 aromatic rings. The minimum atomic E-state index is -1.16. The Kier molecular flexibility index (Phi) is 2.46. The molecule has 0 unspecified atom stereocenters. The van der Waals surface area contributed by atoms with Gasteiger partial charge in [0.1, 0.15) is 6.33 Å². The molecule has 1 N–H and O–H groups in total. The van der Waals surface area contributed by atoms with Crippen LogP contribution in [0.4, 0.5) is 0 Å². The van der Waals surface area contributed by atoms with E-state index >= 15 is 0 Å². The second-order valence-electron chi connectivity index (χ2n) is 2.65. The number of aromatic nitrogens is 4. The molecule has 0 saturated heterocycles. The number of halogens is 1. The number of hydrogen-bond donors (Lipinski definition) is 1. The molecule has 0 spiro atoms. The fourth-order valence-electron chi connectivity index (χ4n) is 0.975. The molecule has 0 saturated carbocycles. The Bertz CT molecular complexity index is 494. The Labute approximate surface area is 92.7 Å². The summed E-state index contributed by atoms with van der Waals surface area (Å²) in [5.41, 5.74) is 0. The van der Waals surface area contributed by atoms with Crippen LogP contribution < -0.4 is 0 Å². The summed E-state index contributed by atoms with van der Waals surface area (Å²) in [5.74, 6) is -0.899. The molecule has 0 amide bonds. The molecule has 0 fully saturated rings. The lowest BCUT2D eigenvalue weighted by Gasteiger charge is -1.97. The van der Waals surface area contributed by atoms with Gasteiger partial charge in [0.15, 0.2) is 5.82 Å². The molecule has 7 heteroatoms. The second kappa shape index (κ2) is 3.77. The number of hydrogen-bond acceptors (Lipinski definition) is 4. The Morgan fingerprint density at radius 2 is 2.20 bits per heavy atom. The molecule has 0 aliphatic carbocycles. The van der Waals surface area contributed by atoms with Gasteiger partial charge in [-0.15, -0.1) is 5.10 Å². The van der Waals surface area contributed by atoms with Crippen molar-refractivity contribution in [1.29, 1.82) is 0 Å². The lowest BCUT2D eigenvalue weighted by molar-refractivity contribution is 0.0683. The van der Waals surface area contributed by atoms with Gasteiger partial charge in [0.2, 0.25) is 0 Å². The van der Waals surface area contributed by atoms with Gasteiger partial charge >= 0.3 is 5.97 Å². The van der Waals surface area contributed by atoms with Crippen LogP contribution in [0.25, 0.3) is 5.82 Å². The predicted octanol–water partition coefficient (Wildman–Crippen LogP) is 1.12. The van der Waals surface area contributed by atoms with Gasteiger partial charge in [0.25, 0.3) is 5.82 Å². The SMILES string of the molecule is O=C(O)c1ncn(-c2ccc(Br)cn2)n1. The molecule has 2 rings (SSSR count). The molecule has 0 aromatic carbocycles. The highest BCUT2D eigenvalue weighted by Gasteiger charge is 2.09. The van der Waals surface area contributed by atoms with Gasteiger partial charge in [-0.05, 0) is 28.1 Å². The molecule has 6 nitrogen and oxygen atoms in total. The van der Waals surface area contributed by atoms with Crippen molar-refractivity contribution >= 4 is 21.9 Å². The van der Waals surface area contributed by atoms with E-state index in [9.17, 15) is 4.79 Å². The Hall–Kier alpha value is -1.76. The largest absolute Gasteiger partial charge is 0.475 e. The van der Waals surface area contributed by atoms with Gasteiger partial charge < -0.3 is 5.11 Å². The van der Waals surface area contributed by atoms with Crippen molar-refractivity contribution in [2.75, 3.05) is 0 Å². The summed E-state index contributed by atoms with van der Waals surface area (Å²) >= 11 is 3.24. The Morgan fingerprint density at radius 3 is 2.73 bits per heavy atom. The van der Waals surface area contributed by atoms with E-state index in [2.05, 4.69) is 31.0 Å². The summed E-state index contributed by atoms with van der Waals surface area (Å²) in [6.45, 7) is 0. The highest BCUT2D eigenvalue weighted by Crippen LogP contribution is 2.09. The van der Waals surface area contributed by atoms with Gasteiger partial charge in [-0.2, -0.15) is 0 Å². The maximum Gasteiger partial charge on any atom is 0.375 e. The number of rotatable bonds is 2. The van der Waals surface area contributed by atoms with Crippen LogP contribution in [0.3, 0.4) is 0 Å². The van der Waals surface area contributed by atoms with E-state index in [1.165, 1.54) is 11.0 Å². The number of nitrogens with zero attached hydrogens (tertiary/aromatic N) is 4. The van der Waals surface area contributed by atoms with Crippen molar-refractivity contribution < 1.29 is 9.90 Å². The average molecular weight is 269 g/mol. The first kappa shape index (κ1) is 9.78. The maximum absolute atomic E-state index is 10.5. The van der Waals surface area contributed by atoms with Crippen molar-refractivity contribution in [2.45, 2.75) is 0 Å². The van der Waals surface area contributed by atoms with Gasteiger partial charge in [0.05, 0.1) is 0 Å². The van der Waals surface area contributed by atoms with E-state index in [1.807, 2.05) is 0 Å². The number of aromatic carboxylic acids is 1. The van der Waals surface area contributed by atoms with E-state index < -0.39 is 5.97 Å². The van der Waals surface area contributed by atoms with Crippen LogP contribution in [-0.2, 0) is 0 Å². The summed E-state index contributed by atoms with van der Waals surface area (Å²) in [4.78, 5) is 18.2. The number of carboxylic acids is 1. The van der Waals surface area contributed by atoms with E-state index in [1.54, 1.807) is 18.3 Å². The second-order valence-corrected chi connectivity index (χ2v) is 3.57. The molecule has 2 heterocycles. The zero-order valence-electron chi connectivity index (χ0n) is 7.33. The third kappa shape index (κ3) is 2.01. The lowest BCUT2D eigenvalue weighted by atomic mass is 10.5. The van der Waals surface area contributed by atoms with Crippen molar-refractivity contribution in [3.8, 4) is 5.82 Å². The van der Waals surface area contributed by atoms with Crippen LogP contribution in [0.2, 0.25) is 0 Å². The third-order valence-corrected chi connectivity index (χ3v) is 2.10. The molecule has 0 bridgehead atoms. The molecule has 0 aliphatic heterocycles. The van der Waals surface area contributed by atoms with Crippen LogP contribution in [-0.4, -0.2) is 30.8 Å². The summed E-state index contributed by atoms with van der Waals surface area (Å²) < 4.78 is 2.14. The monoisotopic (exact) mass is 268 g/mol. The fraction of sp³-hybridized carbons (Fsp3) is 0. The van der Waals surface area contributed by atoms with Crippen LogP contribution >= 0.6 is 15.9 Å². The summed E-state index contributed by atoms with van der Waals surface area (Å²) in [6, 6.07) is 3.48. The van der Waals surface area contributed by atoms with E-state index in [-0.39, 0.29) is 5.82 Å². The average Bonchev–Trinajstić information content (AvgIpc) is 2.68. The van der Waals surface area contributed by atoms with Crippen molar-refractivity contribution in [3.63, 3.8) is 0 Å². The zero-order chi connectivity index (χ0) is 10.8. The first-order chi connectivity index (χ1) is 7.16. The molecule has 2 aromatic heterocycles. The van der Waals surface area contributed by atoms with Crippen LogP contribution in [0, 0.1) is 0 Å².